The van der Waals surface area contributed by atoms with E-state index in [2.05, 4.69) is 4.74 Å². The van der Waals surface area contributed by atoms with Crippen molar-refractivity contribution in [2.45, 2.75) is 26.0 Å². The van der Waals surface area contributed by atoms with Crippen LogP contribution in [0.1, 0.15) is 19.8 Å². The number of hydrogen-bond acceptors (Lipinski definition) is 4. The molecule has 11 heavy (non-hydrogen) atoms. The third kappa shape index (κ3) is 9.35. The average Bonchev–Trinajstić information content (AvgIpc) is 1.85. The van der Waals surface area contributed by atoms with Crippen LogP contribution in [0.15, 0.2) is 0 Å². The van der Waals surface area contributed by atoms with E-state index in [1.54, 1.807) is 6.92 Å². The Kier molecular flexibility index (Phi) is 8.80. The van der Waals surface area contributed by atoms with Crippen LogP contribution in [-0.4, -0.2) is 29.4 Å². The summed E-state index contributed by atoms with van der Waals surface area (Å²) in [4.78, 5) is 10.6. The van der Waals surface area contributed by atoms with E-state index in [0.29, 0.717) is 6.61 Å². The molecular formula is C6H15NO4. The molecule has 0 saturated carbocycles. The maximum Gasteiger partial charge on any atom is 0.305 e. The smallest absolute Gasteiger partial charge is 0.305 e. The summed E-state index contributed by atoms with van der Waals surface area (Å²) in [5.74, 6) is -0.313. The number of ether oxygens (including phenoxy) is 1. The fourth-order valence-electron chi connectivity index (χ4n) is 0.499. The van der Waals surface area contributed by atoms with Crippen molar-refractivity contribution in [3.63, 3.8) is 0 Å². The Bertz CT molecular complexity index is 105. The fraction of sp³-hybridized carbons (Fsp3) is 0.833. The maximum atomic E-state index is 10.6. The summed E-state index contributed by atoms with van der Waals surface area (Å²) in [5, 5.41) is 8.54. The number of carbonyl (C=O) groups is 1. The van der Waals surface area contributed by atoms with Gasteiger partial charge in [0.25, 0.3) is 0 Å². The minimum absolute atomic E-state index is 0. The number of esters is 1. The van der Waals surface area contributed by atoms with Crippen molar-refractivity contribution in [3.05, 3.63) is 0 Å². The Balaban J connectivity index is 0. The number of aliphatic hydroxyl groups excluding tert-OH is 1. The zero-order chi connectivity index (χ0) is 7.98. The first-order valence-corrected chi connectivity index (χ1v) is 3.26. The first kappa shape index (κ1) is 13.0. The lowest BCUT2D eigenvalue weighted by molar-refractivity contribution is -0.143. The van der Waals surface area contributed by atoms with Crippen LogP contribution >= 0.6 is 0 Å². The molecule has 0 aromatic rings. The number of rotatable bonds is 4. The first-order chi connectivity index (χ1) is 4.66. The van der Waals surface area contributed by atoms with E-state index in [-0.39, 0.29) is 24.3 Å². The minimum atomic E-state index is -0.913. The van der Waals surface area contributed by atoms with Crippen LogP contribution in [-0.2, 0) is 9.53 Å². The summed E-state index contributed by atoms with van der Waals surface area (Å²) < 4.78 is 4.59. The molecule has 68 valence electrons. The summed E-state index contributed by atoms with van der Waals surface area (Å²) in [6.07, 6.45) is -0.464. The molecule has 0 aliphatic carbocycles. The van der Waals surface area contributed by atoms with Crippen molar-refractivity contribution in [2.75, 3.05) is 6.61 Å². The van der Waals surface area contributed by atoms with E-state index in [4.69, 9.17) is 10.8 Å². The summed E-state index contributed by atoms with van der Waals surface area (Å²) in [7, 11) is 0. The highest BCUT2D eigenvalue weighted by atomic mass is 16.5. The molecule has 0 fully saturated rings. The Morgan fingerprint density at radius 2 is 2.27 bits per heavy atom. The Morgan fingerprint density at radius 1 is 1.73 bits per heavy atom. The second kappa shape index (κ2) is 7.46. The summed E-state index contributed by atoms with van der Waals surface area (Å²) in [5.41, 5.74) is 4.98. The topological polar surface area (TPSA) is 104 Å². The van der Waals surface area contributed by atoms with Crippen molar-refractivity contribution >= 4 is 5.97 Å². The van der Waals surface area contributed by atoms with Crippen LogP contribution in [0.2, 0.25) is 0 Å². The van der Waals surface area contributed by atoms with Crippen LogP contribution in [0.3, 0.4) is 0 Å². The van der Waals surface area contributed by atoms with Crippen molar-refractivity contribution in [1.82, 2.24) is 0 Å². The van der Waals surface area contributed by atoms with Gasteiger partial charge < -0.3 is 21.1 Å². The molecule has 0 spiro atoms. The van der Waals surface area contributed by atoms with Crippen LogP contribution in [0.4, 0.5) is 0 Å². The highest BCUT2D eigenvalue weighted by Crippen LogP contribution is 1.93. The molecule has 1 atom stereocenters. The maximum absolute atomic E-state index is 10.6. The largest absolute Gasteiger partial charge is 0.466 e. The lowest BCUT2D eigenvalue weighted by atomic mass is 10.3. The van der Waals surface area contributed by atoms with E-state index in [1.807, 2.05) is 0 Å². The number of hydrogen-bond donors (Lipinski definition) is 2. The van der Waals surface area contributed by atoms with Crippen molar-refractivity contribution in [2.24, 2.45) is 5.73 Å². The van der Waals surface area contributed by atoms with Gasteiger partial charge in [-0.3, -0.25) is 4.79 Å². The average molecular weight is 165 g/mol. The third-order valence-electron chi connectivity index (χ3n) is 0.950. The zero-order valence-corrected chi connectivity index (χ0v) is 6.54. The number of nitrogens with two attached hydrogens (primary N) is 1. The van der Waals surface area contributed by atoms with E-state index >= 15 is 0 Å². The molecule has 5 nitrogen and oxygen atoms in total. The van der Waals surface area contributed by atoms with Gasteiger partial charge in [0.1, 0.15) is 6.23 Å². The minimum Gasteiger partial charge on any atom is -0.466 e. The molecule has 5 N–H and O–H groups in total. The third-order valence-corrected chi connectivity index (χ3v) is 0.950. The SMILES string of the molecule is CCOC(=O)CCC(N)O.O. The second-order valence-electron chi connectivity index (χ2n) is 1.91. The van der Waals surface area contributed by atoms with Gasteiger partial charge in [-0.25, -0.2) is 0 Å². The summed E-state index contributed by atoms with van der Waals surface area (Å²) in [6, 6.07) is 0. The van der Waals surface area contributed by atoms with Crippen molar-refractivity contribution in [1.29, 1.82) is 0 Å². The van der Waals surface area contributed by atoms with E-state index in [0.717, 1.165) is 0 Å². The Labute approximate surface area is 65.5 Å². The second-order valence-corrected chi connectivity index (χ2v) is 1.91. The molecule has 0 aliphatic rings. The predicted molar refractivity (Wildman–Crippen MR) is 39.7 cm³/mol. The molecule has 0 aromatic heterocycles. The van der Waals surface area contributed by atoms with Crippen molar-refractivity contribution in [3.8, 4) is 0 Å². The monoisotopic (exact) mass is 165 g/mol. The molecule has 0 aliphatic heterocycles. The summed E-state index contributed by atoms with van der Waals surface area (Å²) in [6.45, 7) is 2.11. The van der Waals surface area contributed by atoms with Gasteiger partial charge >= 0.3 is 5.97 Å². The lowest BCUT2D eigenvalue weighted by Gasteiger charge is -2.02. The molecule has 0 heterocycles. The molecule has 0 saturated heterocycles. The zero-order valence-electron chi connectivity index (χ0n) is 6.54. The van der Waals surface area contributed by atoms with E-state index < -0.39 is 6.23 Å². The predicted octanol–water partition coefficient (Wildman–Crippen LogP) is -1.22. The highest BCUT2D eigenvalue weighted by molar-refractivity contribution is 5.69. The van der Waals surface area contributed by atoms with E-state index in [9.17, 15) is 4.79 Å². The van der Waals surface area contributed by atoms with Gasteiger partial charge in [0, 0.05) is 6.42 Å². The molecular weight excluding hydrogens is 150 g/mol. The van der Waals surface area contributed by atoms with Gasteiger partial charge in [-0.2, -0.15) is 0 Å². The quantitative estimate of drug-likeness (QED) is 0.402. The standard InChI is InChI=1S/C6H13NO3.H2O/c1-2-10-6(9)4-3-5(7)8;/h5,8H,2-4,7H2,1H3;1H2. The van der Waals surface area contributed by atoms with Crippen LogP contribution < -0.4 is 5.73 Å². The van der Waals surface area contributed by atoms with Gasteiger partial charge in [0.2, 0.25) is 0 Å². The molecule has 1 unspecified atom stereocenters. The Morgan fingerprint density at radius 3 is 2.64 bits per heavy atom. The van der Waals surface area contributed by atoms with Gasteiger partial charge in [0.05, 0.1) is 6.61 Å². The normalized spacial score (nSPS) is 11.5. The van der Waals surface area contributed by atoms with Crippen LogP contribution in [0.25, 0.3) is 0 Å². The van der Waals surface area contributed by atoms with Gasteiger partial charge in [-0.15, -0.1) is 0 Å². The van der Waals surface area contributed by atoms with Crippen LogP contribution in [0, 0.1) is 0 Å². The highest BCUT2D eigenvalue weighted by Gasteiger charge is 2.03. The van der Waals surface area contributed by atoms with Gasteiger partial charge in [0.15, 0.2) is 0 Å². The number of aliphatic hydroxyl groups is 1. The summed E-state index contributed by atoms with van der Waals surface area (Å²) >= 11 is 0. The fourth-order valence-corrected chi connectivity index (χ4v) is 0.499. The van der Waals surface area contributed by atoms with E-state index in [1.165, 1.54) is 0 Å². The molecule has 0 rings (SSSR count). The molecule has 0 amide bonds. The Hall–Kier alpha value is -0.650. The molecule has 0 radical (unpaired) electrons. The van der Waals surface area contributed by atoms with Gasteiger partial charge in [-0.05, 0) is 13.3 Å². The van der Waals surface area contributed by atoms with Gasteiger partial charge in [-0.1, -0.05) is 0 Å². The first-order valence-electron chi connectivity index (χ1n) is 3.26. The molecule has 0 aromatic carbocycles. The lowest BCUT2D eigenvalue weighted by Crippen LogP contribution is -2.20. The number of carbonyl (C=O) groups excluding carboxylic acids is 1. The molecule has 0 bridgehead atoms. The van der Waals surface area contributed by atoms with Crippen LogP contribution in [0.5, 0.6) is 0 Å². The molecule has 5 heteroatoms. The van der Waals surface area contributed by atoms with Crippen molar-refractivity contribution < 1.29 is 20.1 Å².